The number of aromatic carboxylic acids is 1. The molecule has 0 unspecified atom stereocenters. The number of hydrogen-bond donors (Lipinski definition) is 1. The average molecular weight is 472 g/mol. The molecule has 8 heteroatoms. The molecule has 178 valence electrons. The predicted octanol–water partition coefficient (Wildman–Crippen LogP) is 4.66. The third-order valence-corrected chi connectivity index (χ3v) is 5.52. The van der Waals surface area contributed by atoms with Gasteiger partial charge in [0, 0.05) is 18.7 Å². The molecule has 0 radical (unpaired) electrons. The lowest BCUT2D eigenvalue weighted by Gasteiger charge is -2.16. The second-order valence-electron chi connectivity index (χ2n) is 8.02. The lowest BCUT2D eigenvalue weighted by Crippen LogP contribution is -2.21. The van der Waals surface area contributed by atoms with E-state index in [9.17, 15) is 19.5 Å². The van der Waals surface area contributed by atoms with Gasteiger partial charge in [-0.2, -0.15) is 0 Å². The van der Waals surface area contributed by atoms with Crippen LogP contribution in [0.25, 0.3) is 22.8 Å². The van der Waals surface area contributed by atoms with Crippen LogP contribution in [0.4, 0.5) is 0 Å². The van der Waals surface area contributed by atoms with Crippen molar-refractivity contribution in [2.45, 2.75) is 33.1 Å². The molecular weight excluding hydrogens is 446 g/mol. The molecule has 2 aromatic heterocycles. The Morgan fingerprint density at radius 3 is 2.29 bits per heavy atom. The number of carboxylic acid groups (broad SMARTS) is 1. The average Bonchev–Trinajstić information content (AvgIpc) is 3.15. The number of para-hydroxylation sites is 1. The van der Waals surface area contributed by atoms with Crippen LogP contribution in [-0.2, 0) is 11.2 Å². The predicted molar refractivity (Wildman–Crippen MR) is 131 cm³/mol. The van der Waals surface area contributed by atoms with Gasteiger partial charge in [-0.15, -0.1) is 0 Å². The largest absolute Gasteiger partial charge is 0.478 e. The van der Waals surface area contributed by atoms with Gasteiger partial charge in [-0.25, -0.2) is 14.2 Å². The van der Waals surface area contributed by atoms with Gasteiger partial charge in [0.15, 0.2) is 0 Å². The van der Waals surface area contributed by atoms with Crippen molar-refractivity contribution in [1.29, 1.82) is 0 Å². The zero-order valence-corrected chi connectivity index (χ0v) is 19.5. The fraction of sp³-hybridized carbons (Fsp3) is 0.185. The Kier molecular flexibility index (Phi) is 6.91. The lowest BCUT2D eigenvalue weighted by molar-refractivity contribution is -0.131. The molecule has 4 rings (SSSR count). The van der Waals surface area contributed by atoms with E-state index in [1.54, 1.807) is 33.6 Å². The van der Waals surface area contributed by atoms with Gasteiger partial charge in [0.2, 0.25) is 0 Å². The Labute approximate surface area is 202 Å². The molecule has 0 amide bonds. The smallest absolute Gasteiger partial charge is 0.335 e. The number of pyridine rings is 1. The van der Waals surface area contributed by atoms with Crippen LogP contribution in [0.3, 0.4) is 0 Å². The highest BCUT2D eigenvalue weighted by Crippen LogP contribution is 2.28. The van der Waals surface area contributed by atoms with E-state index >= 15 is 0 Å². The molecule has 0 bridgehead atoms. The molecule has 8 nitrogen and oxygen atoms in total. The molecule has 0 aliphatic rings. The maximum atomic E-state index is 13.9. The van der Waals surface area contributed by atoms with Crippen LogP contribution in [0.15, 0.2) is 77.7 Å². The fourth-order valence-electron chi connectivity index (χ4n) is 3.95. The maximum absolute atomic E-state index is 13.9. The minimum absolute atomic E-state index is 0.0852. The second-order valence-corrected chi connectivity index (χ2v) is 8.02. The molecule has 0 aliphatic carbocycles. The monoisotopic (exact) mass is 471 g/mol. The van der Waals surface area contributed by atoms with Gasteiger partial charge in [0.05, 0.1) is 28.3 Å². The molecule has 1 N–H and O–H groups in total. The van der Waals surface area contributed by atoms with Crippen molar-refractivity contribution in [2.24, 2.45) is 0 Å². The summed E-state index contributed by atoms with van der Waals surface area (Å²) >= 11 is 0. The van der Waals surface area contributed by atoms with Crippen molar-refractivity contribution in [3.63, 3.8) is 0 Å². The van der Waals surface area contributed by atoms with Crippen molar-refractivity contribution in [3.05, 3.63) is 94.4 Å². The fourth-order valence-corrected chi connectivity index (χ4v) is 3.95. The molecule has 2 heterocycles. The minimum atomic E-state index is -1.07. The highest BCUT2D eigenvalue weighted by Gasteiger charge is 2.24. The summed E-state index contributed by atoms with van der Waals surface area (Å²) in [5.41, 5.74) is 2.63. The van der Waals surface area contributed by atoms with Crippen LogP contribution in [0.1, 0.15) is 42.6 Å². The summed E-state index contributed by atoms with van der Waals surface area (Å²) in [6, 6.07) is 18.9. The zero-order valence-electron chi connectivity index (χ0n) is 19.5. The van der Waals surface area contributed by atoms with Crippen molar-refractivity contribution < 1.29 is 19.4 Å². The number of rotatable bonds is 8. The topological polar surface area (TPSA) is 103 Å². The van der Waals surface area contributed by atoms with E-state index in [1.807, 2.05) is 37.3 Å². The van der Waals surface area contributed by atoms with E-state index in [0.717, 1.165) is 12.8 Å². The van der Waals surface area contributed by atoms with E-state index in [1.165, 1.54) is 25.3 Å². The van der Waals surface area contributed by atoms with Gasteiger partial charge in [-0.1, -0.05) is 31.5 Å². The first kappa shape index (κ1) is 23.7. The lowest BCUT2D eigenvalue weighted by atomic mass is 10.1. The molecule has 0 atom stereocenters. The van der Waals surface area contributed by atoms with Crippen LogP contribution < -0.4 is 10.3 Å². The molecule has 2 aromatic carbocycles. The van der Waals surface area contributed by atoms with E-state index in [0.29, 0.717) is 40.5 Å². The van der Waals surface area contributed by atoms with Crippen LogP contribution in [0, 0.1) is 0 Å². The summed E-state index contributed by atoms with van der Waals surface area (Å²) in [5.74, 6) is -1.14. The van der Waals surface area contributed by atoms with E-state index in [-0.39, 0.29) is 11.1 Å². The number of carboxylic acids is 1. The van der Waals surface area contributed by atoms with Gasteiger partial charge < -0.3 is 9.84 Å². The number of nitrogens with zero attached hydrogens (tertiary/aromatic N) is 3. The molecule has 0 saturated carbocycles. The van der Waals surface area contributed by atoms with Gasteiger partial charge >= 0.3 is 11.9 Å². The summed E-state index contributed by atoms with van der Waals surface area (Å²) in [6.45, 7) is 3.37. The first-order chi connectivity index (χ1) is 16.9. The Hall–Kier alpha value is -4.46. The van der Waals surface area contributed by atoms with E-state index in [2.05, 4.69) is 4.98 Å². The van der Waals surface area contributed by atoms with E-state index in [4.69, 9.17) is 4.74 Å². The van der Waals surface area contributed by atoms with Gasteiger partial charge in [-0.3, -0.25) is 14.6 Å². The van der Waals surface area contributed by atoms with Crippen LogP contribution in [0.5, 0.6) is 5.75 Å². The highest BCUT2D eigenvalue weighted by atomic mass is 16.5. The third-order valence-electron chi connectivity index (χ3n) is 5.52. The third kappa shape index (κ3) is 4.91. The number of carbonyl (C=O) groups is 2. The summed E-state index contributed by atoms with van der Waals surface area (Å²) in [7, 11) is 0. The van der Waals surface area contributed by atoms with Crippen LogP contribution in [-0.4, -0.2) is 31.4 Å². The SMILES string of the molecule is CCCCc1c(-c2cc(C(=O)O)ccn2)n(-c2ccccc2)n(-c2ccc(OC(C)=O)cc2)c1=O. The van der Waals surface area contributed by atoms with Gasteiger partial charge in [0.25, 0.3) is 5.56 Å². The van der Waals surface area contributed by atoms with Gasteiger partial charge in [-0.05, 0) is 61.4 Å². The quantitative estimate of drug-likeness (QED) is 0.296. The Bertz CT molecular complexity index is 1420. The van der Waals surface area contributed by atoms with Gasteiger partial charge in [0.1, 0.15) is 5.75 Å². The Morgan fingerprint density at radius 1 is 0.971 bits per heavy atom. The number of ether oxygens (including phenoxy) is 1. The minimum Gasteiger partial charge on any atom is -0.478 e. The Morgan fingerprint density at radius 2 is 1.66 bits per heavy atom. The molecule has 0 aliphatic heterocycles. The van der Waals surface area contributed by atoms with Crippen LogP contribution >= 0.6 is 0 Å². The molecule has 35 heavy (non-hydrogen) atoms. The summed E-state index contributed by atoms with van der Waals surface area (Å²) in [6.07, 6.45) is 3.61. The molecule has 4 aromatic rings. The number of esters is 1. The number of benzene rings is 2. The Balaban J connectivity index is 2.03. The molecule has 0 fully saturated rings. The summed E-state index contributed by atoms with van der Waals surface area (Å²) in [4.78, 5) is 41.3. The maximum Gasteiger partial charge on any atom is 0.335 e. The van der Waals surface area contributed by atoms with Crippen molar-refractivity contribution in [3.8, 4) is 28.5 Å². The van der Waals surface area contributed by atoms with E-state index < -0.39 is 11.9 Å². The summed E-state index contributed by atoms with van der Waals surface area (Å²) in [5, 5.41) is 9.54. The van der Waals surface area contributed by atoms with Crippen LogP contribution in [0.2, 0.25) is 0 Å². The van der Waals surface area contributed by atoms with Crippen molar-refractivity contribution >= 4 is 11.9 Å². The first-order valence-corrected chi connectivity index (χ1v) is 11.3. The number of carbonyl (C=O) groups excluding carboxylic acids is 1. The van der Waals surface area contributed by atoms with Crippen molar-refractivity contribution in [1.82, 2.24) is 14.3 Å². The summed E-state index contributed by atoms with van der Waals surface area (Å²) < 4.78 is 8.45. The number of aromatic nitrogens is 3. The number of unbranched alkanes of at least 4 members (excludes halogenated alkanes) is 1. The first-order valence-electron chi connectivity index (χ1n) is 11.3. The molecule has 0 saturated heterocycles. The zero-order chi connectivity index (χ0) is 24.9. The standard InChI is InChI=1S/C27H25N3O5/c1-3-4-10-23-25(24-17-19(27(33)34)15-16-28-24)29(20-8-6-5-7-9-20)30(26(23)32)21-11-13-22(14-12-21)35-18(2)31/h5-9,11-17H,3-4,10H2,1-2H3,(H,33,34). The molecular formula is C27H25N3O5. The normalized spacial score (nSPS) is 10.8. The number of hydrogen-bond acceptors (Lipinski definition) is 5. The molecule has 0 spiro atoms. The second kappa shape index (κ2) is 10.2. The van der Waals surface area contributed by atoms with Crippen molar-refractivity contribution in [2.75, 3.05) is 0 Å². The highest BCUT2D eigenvalue weighted by molar-refractivity contribution is 5.88.